The predicted molar refractivity (Wildman–Crippen MR) is 72.4 cm³/mol. The van der Waals surface area contributed by atoms with Gasteiger partial charge in [0.2, 0.25) is 0 Å². The maximum Gasteiger partial charge on any atom is 0.0863 e. The molecule has 17 heavy (non-hydrogen) atoms. The maximum absolute atomic E-state index is 4.51. The Hall–Kier alpha value is -1.13. The van der Waals surface area contributed by atoms with E-state index >= 15 is 0 Å². The first-order valence-corrected chi connectivity index (χ1v) is 6.81. The van der Waals surface area contributed by atoms with Gasteiger partial charge in [0.15, 0.2) is 0 Å². The topological polar surface area (TPSA) is 29.9 Å². The van der Waals surface area contributed by atoms with Crippen LogP contribution in [0.2, 0.25) is 0 Å². The Labute approximate surface area is 106 Å². The molecule has 0 aliphatic heterocycles. The molecule has 0 spiro atoms. The van der Waals surface area contributed by atoms with Gasteiger partial charge in [-0.2, -0.15) is 5.10 Å². The minimum Gasteiger partial charge on any atom is -0.304 e. The molecule has 3 nitrogen and oxygen atoms in total. The minimum absolute atomic E-state index is 0.231. The van der Waals surface area contributed by atoms with Crippen LogP contribution < -0.4 is 5.32 Å². The van der Waals surface area contributed by atoms with E-state index < -0.39 is 0 Å². The Morgan fingerprint density at radius 2 is 2.24 bits per heavy atom. The molecule has 1 unspecified atom stereocenters. The number of aromatic nitrogens is 2. The summed E-state index contributed by atoms with van der Waals surface area (Å²) in [4.78, 5) is 2.69. The molecular formula is C13H19N3S. The fourth-order valence-electron chi connectivity index (χ4n) is 1.84. The van der Waals surface area contributed by atoms with E-state index in [4.69, 9.17) is 0 Å². The molecule has 2 aromatic heterocycles. The zero-order valence-electron chi connectivity index (χ0n) is 10.6. The van der Waals surface area contributed by atoms with E-state index in [0.717, 1.165) is 18.7 Å². The standard InChI is InChI=1S/C13H19N3S/c1-4-8-14-13(11-7-9-16(3)15-11)12-6-5-10(2)17-12/h5-7,9,13-14H,4,8H2,1-3H3. The highest BCUT2D eigenvalue weighted by atomic mass is 32.1. The van der Waals surface area contributed by atoms with Gasteiger partial charge in [-0.3, -0.25) is 4.68 Å². The van der Waals surface area contributed by atoms with Crippen molar-refractivity contribution in [3.05, 3.63) is 39.8 Å². The molecule has 2 rings (SSSR count). The van der Waals surface area contributed by atoms with Gasteiger partial charge in [-0.05, 0) is 38.1 Å². The van der Waals surface area contributed by atoms with Gasteiger partial charge in [0.05, 0.1) is 11.7 Å². The van der Waals surface area contributed by atoms with Gasteiger partial charge in [0, 0.05) is 23.0 Å². The average Bonchev–Trinajstić information content (AvgIpc) is 2.89. The summed E-state index contributed by atoms with van der Waals surface area (Å²) in [6, 6.07) is 6.68. The molecule has 2 heterocycles. The lowest BCUT2D eigenvalue weighted by Gasteiger charge is -2.14. The number of thiophene rings is 1. The van der Waals surface area contributed by atoms with E-state index in [1.165, 1.54) is 9.75 Å². The van der Waals surface area contributed by atoms with Crippen molar-refractivity contribution in [2.24, 2.45) is 7.05 Å². The Kier molecular flexibility index (Phi) is 3.97. The molecule has 0 aliphatic carbocycles. The normalized spacial score (nSPS) is 12.9. The first kappa shape index (κ1) is 12.3. The average molecular weight is 249 g/mol. The zero-order chi connectivity index (χ0) is 12.3. The smallest absolute Gasteiger partial charge is 0.0863 e. The van der Waals surface area contributed by atoms with Crippen LogP contribution in [-0.4, -0.2) is 16.3 Å². The fraction of sp³-hybridized carbons (Fsp3) is 0.462. The van der Waals surface area contributed by atoms with Crippen LogP contribution in [0.1, 0.15) is 34.8 Å². The number of hydrogen-bond acceptors (Lipinski definition) is 3. The van der Waals surface area contributed by atoms with E-state index in [1.807, 2.05) is 29.3 Å². The Bertz CT molecular complexity index is 432. The van der Waals surface area contributed by atoms with Gasteiger partial charge in [0.25, 0.3) is 0 Å². The van der Waals surface area contributed by atoms with Gasteiger partial charge in [-0.1, -0.05) is 6.92 Å². The predicted octanol–water partition coefficient (Wildman–Crippen LogP) is 2.88. The summed E-state index contributed by atoms with van der Waals surface area (Å²) < 4.78 is 1.86. The second-order valence-electron chi connectivity index (χ2n) is 4.25. The number of nitrogens with zero attached hydrogens (tertiary/aromatic N) is 2. The molecule has 92 valence electrons. The van der Waals surface area contributed by atoms with Crippen molar-refractivity contribution in [2.75, 3.05) is 6.54 Å². The van der Waals surface area contributed by atoms with Crippen LogP contribution in [0.3, 0.4) is 0 Å². The lowest BCUT2D eigenvalue weighted by molar-refractivity contribution is 0.582. The molecule has 0 saturated carbocycles. The van der Waals surface area contributed by atoms with Crippen LogP contribution in [0, 0.1) is 6.92 Å². The van der Waals surface area contributed by atoms with Crippen LogP contribution >= 0.6 is 11.3 Å². The van der Waals surface area contributed by atoms with E-state index in [0.29, 0.717) is 0 Å². The minimum atomic E-state index is 0.231. The fourth-order valence-corrected chi connectivity index (χ4v) is 2.80. The van der Waals surface area contributed by atoms with Crippen LogP contribution in [0.4, 0.5) is 0 Å². The summed E-state index contributed by atoms with van der Waals surface area (Å²) in [5.74, 6) is 0. The molecule has 1 N–H and O–H groups in total. The Morgan fingerprint density at radius 1 is 1.41 bits per heavy atom. The first-order chi connectivity index (χ1) is 8.20. The lowest BCUT2D eigenvalue weighted by Crippen LogP contribution is -2.22. The molecule has 1 atom stereocenters. The molecule has 0 aliphatic rings. The maximum atomic E-state index is 4.51. The molecule has 0 aromatic carbocycles. The number of hydrogen-bond donors (Lipinski definition) is 1. The van der Waals surface area contributed by atoms with Gasteiger partial charge in [-0.15, -0.1) is 11.3 Å². The Morgan fingerprint density at radius 3 is 2.76 bits per heavy atom. The van der Waals surface area contributed by atoms with Crippen molar-refractivity contribution in [3.63, 3.8) is 0 Å². The van der Waals surface area contributed by atoms with Crippen LogP contribution in [-0.2, 0) is 7.05 Å². The molecule has 4 heteroatoms. The van der Waals surface area contributed by atoms with Crippen molar-refractivity contribution in [1.29, 1.82) is 0 Å². The zero-order valence-corrected chi connectivity index (χ0v) is 11.4. The van der Waals surface area contributed by atoms with Crippen LogP contribution in [0.25, 0.3) is 0 Å². The quantitative estimate of drug-likeness (QED) is 0.883. The molecule has 0 saturated heterocycles. The highest BCUT2D eigenvalue weighted by Gasteiger charge is 2.17. The van der Waals surface area contributed by atoms with Crippen molar-refractivity contribution >= 4 is 11.3 Å². The highest BCUT2D eigenvalue weighted by Crippen LogP contribution is 2.27. The summed E-state index contributed by atoms with van der Waals surface area (Å²) in [7, 11) is 1.96. The molecular weight excluding hydrogens is 230 g/mol. The second kappa shape index (κ2) is 5.47. The van der Waals surface area contributed by atoms with Gasteiger partial charge < -0.3 is 5.32 Å². The molecule has 0 radical (unpaired) electrons. The van der Waals surface area contributed by atoms with E-state index in [9.17, 15) is 0 Å². The summed E-state index contributed by atoms with van der Waals surface area (Å²) in [5, 5.41) is 8.07. The molecule has 0 fully saturated rings. The van der Waals surface area contributed by atoms with Gasteiger partial charge >= 0.3 is 0 Å². The summed E-state index contributed by atoms with van der Waals surface area (Å²) in [6.45, 7) is 5.34. The summed E-state index contributed by atoms with van der Waals surface area (Å²) in [5.41, 5.74) is 1.10. The number of rotatable bonds is 5. The van der Waals surface area contributed by atoms with E-state index in [2.05, 4.69) is 42.5 Å². The largest absolute Gasteiger partial charge is 0.304 e. The molecule has 0 bridgehead atoms. The van der Waals surface area contributed by atoms with Crippen molar-refractivity contribution in [1.82, 2.24) is 15.1 Å². The molecule has 0 amide bonds. The van der Waals surface area contributed by atoms with Crippen molar-refractivity contribution in [3.8, 4) is 0 Å². The van der Waals surface area contributed by atoms with Gasteiger partial charge in [0.1, 0.15) is 0 Å². The van der Waals surface area contributed by atoms with Gasteiger partial charge in [-0.25, -0.2) is 0 Å². The van der Waals surface area contributed by atoms with Crippen LogP contribution in [0.5, 0.6) is 0 Å². The first-order valence-electron chi connectivity index (χ1n) is 6.00. The van der Waals surface area contributed by atoms with Crippen molar-refractivity contribution in [2.45, 2.75) is 26.3 Å². The third kappa shape index (κ3) is 2.96. The third-order valence-corrected chi connectivity index (χ3v) is 3.74. The number of nitrogens with one attached hydrogen (secondary N) is 1. The van der Waals surface area contributed by atoms with E-state index in [-0.39, 0.29) is 6.04 Å². The van der Waals surface area contributed by atoms with Crippen molar-refractivity contribution < 1.29 is 0 Å². The van der Waals surface area contributed by atoms with E-state index in [1.54, 1.807) is 0 Å². The van der Waals surface area contributed by atoms with Crippen LogP contribution in [0.15, 0.2) is 24.4 Å². The third-order valence-electron chi connectivity index (χ3n) is 2.67. The lowest BCUT2D eigenvalue weighted by atomic mass is 10.1. The Balaban J connectivity index is 2.24. The number of aryl methyl sites for hydroxylation is 2. The molecule has 2 aromatic rings. The second-order valence-corrected chi connectivity index (χ2v) is 5.57. The monoisotopic (exact) mass is 249 g/mol. The SMILES string of the molecule is CCCNC(c1ccn(C)n1)c1ccc(C)s1. The summed E-state index contributed by atoms with van der Waals surface area (Å²) >= 11 is 1.84. The highest BCUT2D eigenvalue weighted by molar-refractivity contribution is 7.12. The summed E-state index contributed by atoms with van der Waals surface area (Å²) in [6.07, 6.45) is 3.13.